The summed E-state index contributed by atoms with van der Waals surface area (Å²) < 4.78 is 7.81. The van der Waals surface area contributed by atoms with Gasteiger partial charge in [-0.1, -0.05) is 0 Å². The molecule has 1 aromatic heterocycles. The van der Waals surface area contributed by atoms with Crippen LogP contribution in [0.3, 0.4) is 0 Å². The summed E-state index contributed by atoms with van der Waals surface area (Å²) in [5, 5.41) is 9.04. The molecule has 104 valence electrons. The Morgan fingerprint density at radius 1 is 1.40 bits per heavy atom. The Morgan fingerprint density at radius 3 is 2.80 bits per heavy atom. The molecule has 1 aliphatic heterocycles. The number of hydrogen-bond donors (Lipinski definition) is 0. The molecule has 1 unspecified atom stereocenters. The number of benzene rings is 1. The van der Waals surface area contributed by atoms with Crippen molar-refractivity contribution in [2.24, 2.45) is 0 Å². The van der Waals surface area contributed by atoms with Crippen molar-refractivity contribution in [2.45, 2.75) is 38.6 Å². The zero-order valence-corrected chi connectivity index (χ0v) is 12.2. The Hall–Kier alpha value is -1.86. The molecule has 2 heterocycles. The summed E-state index contributed by atoms with van der Waals surface area (Å²) in [5.74, 6) is 1.44. The number of fused-ring (bicyclic) bond motifs is 1. The Morgan fingerprint density at radius 2 is 2.20 bits per heavy atom. The zero-order chi connectivity index (χ0) is 14.3. The van der Waals surface area contributed by atoms with Crippen LogP contribution in [0.25, 0.3) is 11.0 Å². The van der Waals surface area contributed by atoms with Gasteiger partial charge in [-0.3, -0.25) is 0 Å². The van der Waals surface area contributed by atoms with Gasteiger partial charge in [0, 0.05) is 18.1 Å². The molecular formula is C16H19N3O. The molecule has 0 saturated carbocycles. The lowest BCUT2D eigenvalue weighted by molar-refractivity contribution is 0.192. The molecule has 3 rings (SSSR count). The topological polar surface area (TPSA) is 50.8 Å². The molecular weight excluding hydrogens is 250 g/mol. The number of aromatic nitrogens is 2. The fourth-order valence-corrected chi connectivity index (χ4v) is 2.89. The first-order chi connectivity index (χ1) is 9.50. The molecule has 1 saturated heterocycles. The van der Waals surface area contributed by atoms with Crippen LogP contribution < -0.4 is 0 Å². The highest BCUT2D eigenvalue weighted by Gasteiger charge is 2.28. The minimum atomic E-state index is -0.0408. The Bertz CT molecular complexity index is 682. The van der Waals surface area contributed by atoms with Gasteiger partial charge in [0.1, 0.15) is 5.82 Å². The van der Waals surface area contributed by atoms with E-state index in [1.807, 2.05) is 18.2 Å². The van der Waals surface area contributed by atoms with Crippen LogP contribution in [-0.4, -0.2) is 22.8 Å². The molecule has 0 bridgehead atoms. The lowest BCUT2D eigenvalue weighted by Gasteiger charge is -2.26. The van der Waals surface area contributed by atoms with Crippen LogP contribution in [-0.2, 0) is 10.3 Å². The summed E-state index contributed by atoms with van der Waals surface area (Å²) in [5.41, 5.74) is 2.62. The minimum Gasteiger partial charge on any atom is -0.381 e. The van der Waals surface area contributed by atoms with Gasteiger partial charge in [0.2, 0.25) is 0 Å². The van der Waals surface area contributed by atoms with Crippen molar-refractivity contribution in [1.82, 2.24) is 9.55 Å². The van der Waals surface area contributed by atoms with Gasteiger partial charge in [0.05, 0.1) is 29.3 Å². The number of hydrogen-bond acceptors (Lipinski definition) is 3. The average molecular weight is 269 g/mol. The Kier molecular flexibility index (Phi) is 3.02. The van der Waals surface area contributed by atoms with Crippen LogP contribution in [0.4, 0.5) is 0 Å². The van der Waals surface area contributed by atoms with Gasteiger partial charge in [-0.15, -0.1) is 0 Å². The van der Waals surface area contributed by atoms with E-state index in [1.54, 1.807) is 0 Å². The normalized spacial score (nSPS) is 19.4. The molecule has 0 amide bonds. The maximum Gasteiger partial charge on any atom is 0.115 e. The monoisotopic (exact) mass is 269 g/mol. The zero-order valence-electron chi connectivity index (χ0n) is 12.2. The third kappa shape index (κ3) is 2.08. The first-order valence-electron chi connectivity index (χ1n) is 7.01. The number of ether oxygens (including phenoxy) is 1. The van der Waals surface area contributed by atoms with Gasteiger partial charge in [-0.25, -0.2) is 4.98 Å². The van der Waals surface area contributed by atoms with Crippen LogP contribution in [0.1, 0.15) is 44.5 Å². The summed E-state index contributed by atoms with van der Waals surface area (Å²) >= 11 is 0. The van der Waals surface area contributed by atoms with Gasteiger partial charge < -0.3 is 9.30 Å². The van der Waals surface area contributed by atoms with E-state index < -0.39 is 0 Å². The number of nitriles is 1. The van der Waals surface area contributed by atoms with E-state index in [9.17, 15) is 0 Å². The van der Waals surface area contributed by atoms with E-state index in [1.165, 1.54) is 0 Å². The molecule has 0 aliphatic carbocycles. The molecule has 1 aliphatic rings. The van der Waals surface area contributed by atoms with E-state index in [-0.39, 0.29) is 5.54 Å². The van der Waals surface area contributed by atoms with Crippen LogP contribution in [0.5, 0.6) is 0 Å². The largest absolute Gasteiger partial charge is 0.381 e. The molecule has 1 fully saturated rings. The SMILES string of the molecule is CC(C)(C)n1c(C2CCOC2)nc2cc(C#N)ccc21. The van der Waals surface area contributed by atoms with E-state index in [0.29, 0.717) is 11.5 Å². The van der Waals surface area contributed by atoms with Gasteiger partial charge in [-0.05, 0) is 45.4 Å². The predicted octanol–water partition coefficient (Wildman–Crippen LogP) is 3.17. The second-order valence-electron chi connectivity index (χ2n) is 6.35. The van der Waals surface area contributed by atoms with Crippen molar-refractivity contribution < 1.29 is 4.74 Å². The second kappa shape index (κ2) is 4.60. The van der Waals surface area contributed by atoms with Crippen molar-refractivity contribution in [3.05, 3.63) is 29.6 Å². The van der Waals surface area contributed by atoms with Crippen molar-refractivity contribution in [3.8, 4) is 6.07 Å². The van der Waals surface area contributed by atoms with Gasteiger partial charge in [-0.2, -0.15) is 5.26 Å². The predicted molar refractivity (Wildman–Crippen MR) is 77.6 cm³/mol. The third-order valence-electron chi connectivity index (χ3n) is 3.78. The maximum absolute atomic E-state index is 9.04. The molecule has 2 aromatic rings. The minimum absolute atomic E-state index is 0.0408. The molecule has 1 aromatic carbocycles. The molecule has 0 N–H and O–H groups in total. The summed E-state index contributed by atoms with van der Waals surface area (Å²) in [4.78, 5) is 4.80. The van der Waals surface area contributed by atoms with Crippen LogP contribution in [0, 0.1) is 11.3 Å². The van der Waals surface area contributed by atoms with E-state index in [4.69, 9.17) is 15.0 Å². The average Bonchev–Trinajstić information content (AvgIpc) is 3.03. The van der Waals surface area contributed by atoms with E-state index in [2.05, 4.69) is 31.4 Å². The van der Waals surface area contributed by atoms with Crippen molar-refractivity contribution in [3.63, 3.8) is 0 Å². The standard InChI is InChI=1S/C16H19N3O/c1-16(2,3)19-14-5-4-11(9-17)8-13(14)18-15(19)12-6-7-20-10-12/h4-5,8,12H,6-7,10H2,1-3H3. The smallest absolute Gasteiger partial charge is 0.115 e. The van der Waals surface area contributed by atoms with Crippen molar-refractivity contribution in [1.29, 1.82) is 5.26 Å². The number of rotatable bonds is 1. The lowest BCUT2D eigenvalue weighted by Crippen LogP contribution is -2.25. The van der Waals surface area contributed by atoms with Gasteiger partial charge in [0.15, 0.2) is 0 Å². The van der Waals surface area contributed by atoms with Crippen LogP contribution >= 0.6 is 0 Å². The number of nitrogens with zero attached hydrogens (tertiary/aromatic N) is 3. The lowest BCUT2D eigenvalue weighted by atomic mass is 10.0. The summed E-state index contributed by atoms with van der Waals surface area (Å²) in [6.45, 7) is 8.11. The second-order valence-corrected chi connectivity index (χ2v) is 6.35. The highest BCUT2D eigenvalue weighted by molar-refractivity contribution is 5.78. The third-order valence-corrected chi connectivity index (χ3v) is 3.78. The highest BCUT2D eigenvalue weighted by Crippen LogP contribution is 2.33. The quantitative estimate of drug-likeness (QED) is 0.799. The fraction of sp³-hybridized carbons (Fsp3) is 0.500. The Balaban J connectivity index is 2.24. The van der Waals surface area contributed by atoms with Crippen LogP contribution in [0.15, 0.2) is 18.2 Å². The molecule has 0 radical (unpaired) electrons. The number of imidazole rings is 1. The first-order valence-corrected chi connectivity index (χ1v) is 7.01. The van der Waals surface area contributed by atoms with Crippen LogP contribution in [0.2, 0.25) is 0 Å². The Labute approximate surface area is 119 Å². The summed E-state index contributed by atoms with van der Waals surface area (Å²) in [6.07, 6.45) is 1.02. The summed E-state index contributed by atoms with van der Waals surface area (Å²) in [7, 11) is 0. The van der Waals surface area contributed by atoms with Gasteiger partial charge >= 0.3 is 0 Å². The van der Waals surface area contributed by atoms with Crippen molar-refractivity contribution in [2.75, 3.05) is 13.2 Å². The molecule has 20 heavy (non-hydrogen) atoms. The first kappa shape index (κ1) is 13.1. The molecule has 0 spiro atoms. The van der Waals surface area contributed by atoms with E-state index in [0.717, 1.165) is 36.5 Å². The van der Waals surface area contributed by atoms with Gasteiger partial charge in [0.25, 0.3) is 0 Å². The summed E-state index contributed by atoms with van der Waals surface area (Å²) in [6, 6.07) is 7.92. The highest BCUT2D eigenvalue weighted by atomic mass is 16.5. The van der Waals surface area contributed by atoms with E-state index >= 15 is 0 Å². The maximum atomic E-state index is 9.04. The molecule has 1 atom stereocenters. The van der Waals surface area contributed by atoms with Crippen molar-refractivity contribution >= 4 is 11.0 Å². The fourth-order valence-electron chi connectivity index (χ4n) is 2.89. The molecule has 4 heteroatoms. The molecule has 4 nitrogen and oxygen atoms in total.